The lowest BCUT2D eigenvalue weighted by molar-refractivity contribution is 0.425. The fourth-order valence-corrected chi connectivity index (χ4v) is 2.32. The van der Waals surface area contributed by atoms with Gasteiger partial charge in [0.25, 0.3) is 0 Å². The predicted molar refractivity (Wildman–Crippen MR) is 61.9 cm³/mol. The summed E-state index contributed by atoms with van der Waals surface area (Å²) in [5.41, 5.74) is 1.41. The van der Waals surface area contributed by atoms with E-state index in [1.807, 2.05) is 12.5 Å². The van der Waals surface area contributed by atoms with Crippen LogP contribution in [0, 0.1) is 5.92 Å². The molecule has 15 heavy (non-hydrogen) atoms. The van der Waals surface area contributed by atoms with Crippen LogP contribution in [-0.2, 0) is 6.54 Å². The van der Waals surface area contributed by atoms with Crippen molar-refractivity contribution in [1.29, 1.82) is 0 Å². The van der Waals surface area contributed by atoms with Gasteiger partial charge in [-0.25, -0.2) is 4.98 Å². The van der Waals surface area contributed by atoms with E-state index in [1.54, 1.807) is 0 Å². The summed E-state index contributed by atoms with van der Waals surface area (Å²) in [7, 11) is 0. The zero-order valence-electron chi connectivity index (χ0n) is 9.74. The summed E-state index contributed by atoms with van der Waals surface area (Å²) >= 11 is 0. The van der Waals surface area contributed by atoms with Gasteiger partial charge >= 0.3 is 0 Å². The van der Waals surface area contributed by atoms with Crippen molar-refractivity contribution in [2.24, 2.45) is 5.92 Å². The summed E-state index contributed by atoms with van der Waals surface area (Å²) in [6.45, 7) is 7.89. The molecule has 1 aromatic rings. The number of hydrogen-bond donors (Lipinski definition) is 1. The Labute approximate surface area is 91.9 Å². The van der Waals surface area contributed by atoms with Gasteiger partial charge in [-0.05, 0) is 25.3 Å². The maximum absolute atomic E-state index is 4.29. The van der Waals surface area contributed by atoms with Gasteiger partial charge < -0.3 is 9.88 Å². The van der Waals surface area contributed by atoms with Gasteiger partial charge in [-0.1, -0.05) is 13.8 Å². The average Bonchev–Trinajstić information content (AvgIpc) is 2.66. The van der Waals surface area contributed by atoms with Crippen LogP contribution in [0.3, 0.4) is 0 Å². The zero-order valence-corrected chi connectivity index (χ0v) is 9.74. The minimum Gasteiger partial charge on any atom is -0.334 e. The van der Waals surface area contributed by atoms with Crippen LogP contribution in [0.25, 0.3) is 0 Å². The molecule has 0 aromatic carbocycles. The Morgan fingerprint density at radius 2 is 2.47 bits per heavy atom. The minimum atomic E-state index is 0.667. The summed E-state index contributed by atoms with van der Waals surface area (Å²) in [6, 6.07) is 0. The first kappa shape index (κ1) is 10.7. The molecule has 0 spiro atoms. The molecule has 1 aliphatic rings. The van der Waals surface area contributed by atoms with E-state index in [2.05, 4.69) is 28.7 Å². The number of piperidine rings is 1. The Morgan fingerprint density at radius 1 is 1.60 bits per heavy atom. The van der Waals surface area contributed by atoms with E-state index in [0.29, 0.717) is 11.8 Å². The molecule has 0 aliphatic carbocycles. The molecule has 3 heteroatoms. The second-order valence-electron chi connectivity index (χ2n) is 4.91. The van der Waals surface area contributed by atoms with E-state index in [1.165, 1.54) is 25.1 Å². The zero-order chi connectivity index (χ0) is 10.7. The van der Waals surface area contributed by atoms with E-state index in [-0.39, 0.29) is 0 Å². The monoisotopic (exact) mass is 207 g/mol. The van der Waals surface area contributed by atoms with Crippen LogP contribution in [0.1, 0.15) is 38.3 Å². The Bertz CT molecular complexity index is 298. The molecule has 1 aromatic heterocycles. The van der Waals surface area contributed by atoms with E-state index >= 15 is 0 Å². The second kappa shape index (κ2) is 4.79. The molecule has 1 fully saturated rings. The lowest BCUT2D eigenvalue weighted by Crippen LogP contribution is -2.29. The Hall–Kier alpha value is -0.830. The standard InChI is InChI=1S/C12H21N3/c1-10(2)8-15-9-14-7-12(15)11-4-3-5-13-6-11/h7,9-11,13H,3-6,8H2,1-2H3. The number of hydrogen-bond acceptors (Lipinski definition) is 2. The molecule has 84 valence electrons. The quantitative estimate of drug-likeness (QED) is 0.821. The molecule has 0 radical (unpaired) electrons. The number of imidazole rings is 1. The van der Waals surface area contributed by atoms with Crippen molar-refractivity contribution >= 4 is 0 Å². The maximum Gasteiger partial charge on any atom is 0.0948 e. The first-order valence-electron chi connectivity index (χ1n) is 5.98. The number of nitrogens with zero attached hydrogens (tertiary/aromatic N) is 2. The van der Waals surface area contributed by atoms with Crippen LogP contribution < -0.4 is 5.32 Å². The smallest absolute Gasteiger partial charge is 0.0948 e. The van der Waals surface area contributed by atoms with Crippen LogP contribution >= 0.6 is 0 Å². The molecular weight excluding hydrogens is 186 g/mol. The van der Waals surface area contributed by atoms with E-state index < -0.39 is 0 Å². The van der Waals surface area contributed by atoms with Gasteiger partial charge in [-0.2, -0.15) is 0 Å². The van der Waals surface area contributed by atoms with Gasteiger partial charge in [0.1, 0.15) is 0 Å². The fourth-order valence-electron chi connectivity index (χ4n) is 2.32. The van der Waals surface area contributed by atoms with Gasteiger partial charge in [-0.3, -0.25) is 0 Å². The maximum atomic E-state index is 4.29. The predicted octanol–water partition coefficient (Wildman–Crippen LogP) is 2.01. The highest BCUT2D eigenvalue weighted by molar-refractivity contribution is 5.08. The summed E-state index contributed by atoms with van der Waals surface area (Å²) in [6.07, 6.45) is 6.61. The van der Waals surface area contributed by atoms with Crippen molar-refractivity contribution in [2.75, 3.05) is 13.1 Å². The Morgan fingerprint density at radius 3 is 3.13 bits per heavy atom. The molecule has 1 N–H and O–H groups in total. The molecular formula is C12H21N3. The van der Waals surface area contributed by atoms with Crippen LogP contribution in [0.5, 0.6) is 0 Å². The Kier molecular flexibility index (Phi) is 3.41. The van der Waals surface area contributed by atoms with Gasteiger partial charge in [0, 0.05) is 30.9 Å². The highest BCUT2D eigenvalue weighted by atomic mass is 15.1. The van der Waals surface area contributed by atoms with Crippen LogP contribution in [0.4, 0.5) is 0 Å². The number of aromatic nitrogens is 2. The summed E-state index contributed by atoms with van der Waals surface area (Å²) in [4.78, 5) is 4.29. The van der Waals surface area contributed by atoms with Gasteiger partial charge in [-0.15, -0.1) is 0 Å². The molecule has 0 saturated carbocycles. The van der Waals surface area contributed by atoms with Crippen molar-refractivity contribution < 1.29 is 0 Å². The first-order valence-corrected chi connectivity index (χ1v) is 5.98. The van der Waals surface area contributed by atoms with Crippen molar-refractivity contribution in [1.82, 2.24) is 14.9 Å². The van der Waals surface area contributed by atoms with Crippen molar-refractivity contribution in [3.8, 4) is 0 Å². The topological polar surface area (TPSA) is 29.9 Å². The summed E-state index contributed by atoms with van der Waals surface area (Å²) in [5.74, 6) is 1.36. The number of rotatable bonds is 3. The average molecular weight is 207 g/mol. The molecule has 0 bridgehead atoms. The number of nitrogens with one attached hydrogen (secondary N) is 1. The third-order valence-corrected chi connectivity index (χ3v) is 3.02. The molecule has 0 amide bonds. The van der Waals surface area contributed by atoms with Crippen LogP contribution in [0.15, 0.2) is 12.5 Å². The molecule has 1 atom stereocenters. The van der Waals surface area contributed by atoms with Gasteiger partial charge in [0.15, 0.2) is 0 Å². The third-order valence-electron chi connectivity index (χ3n) is 3.02. The van der Waals surface area contributed by atoms with E-state index in [0.717, 1.165) is 13.1 Å². The molecule has 1 saturated heterocycles. The van der Waals surface area contributed by atoms with Gasteiger partial charge in [0.05, 0.1) is 6.33 Å². The van der Waals surface area contributed by atoms with E-state index in [4.69, 9.17) is 0 Å². The largest absolute Gasteiger partial charge is 0.334 e. The normalized spacial score (nSPS) is 22.2. The first-order chi connectivity index (χ1) is 7.27. The molecule has 2 heterocycles. The van der Waals surface area contributed by atoms with E-state index in [9.17, 15) is 0 Å². The Balaban J connectivity index is 2.09. The summed E-state index contributed by atoms with van der Waals surface area (Å²) < 4.78 is 2.32. The highest BCUT2D eigenvalue weighted by Gasteiger charge is 2.18. The molecule has 2 rings (SSSR count). The SMILES string of the molecule is CC(C)Cn1cncc1C1CCCNC1. The van der Waals surface area contributed by atoms with Crippen molar-refractivity contribution in [3.05, 3.63) is 18.2 Å². The highest BCUT2D eigenvalue weighted by Crippen LogP contribution is 2.23. The third kappa shape index (κ3) is 2.59. The lowest BCUT2D eigenvalue weighted by Gasteiger charge is -2.24. The summed E-state index contributed by atoms with van der Waals surface area (Å²) in [5, 5.41) is 3.46. The van der Waals surface area contributed by atoms with Crippen molar-refractivity contribution in [3.63, 3.8) is 0 Å². The van der Waals surface area contributed by atoms with Gasteiger partial charge in [0.2, 0.25) is 0 Å². The molecule has 1 aliphatic heterocycles. The fraction of sp³-hybridized carbons (Fsp3) is 0.750. The lowest BCUT2D eigenvalue weighted by atomic mass is 9.96. The van der Waals surface area contributed by atoms with Crippen LogP contribution in [-0.4, -0.2) is 22.6 Å². The molecule has 1 unspecified atom stereocenters. The van der Waals surface area contributed by atoms with Crippen molar-refractivity contribution in [2.45, 2.75) is 39.2 Å². The molecule has 3 nitrogen and oxygen atoms in total. The minimum absolute atomic E-state index is 0.667. The second-order valence-corrected chi connectivity index (χ2v) is 4.91. The van der Waals surface area contributed by atoms with Crippen LogP contribution in [0.2, 0.25) is 0 Å².